The van der Waals surface area contributed by atoms with Crippen LogP contribution in [0.15, 0.2) is 55.1 Å². The Morgan fingerprint density at radius 2 is 1.97 bits per heavy atom. The summed E-state index contributed by atoms with van der Waals surface area (Å²) in [5.74, 6) is 0. The Morgan fingerprint density at radius 1 is 1.22 bits per heavy atom. The predicted octanol–water partition coefficient (Wildman–Crippen LogP) is 5.36. The topological polar surface area (TPSA) is 67.9 Å². The van der Waals surface area contributed by atoms with Crippen molar-refractivity contribution in [3.05, 3.63) is 60.7 Å². The summed E-state index contributed by atoms with van der Waals surface area (Å²) in [5.41, 5.74) is 0.647. The second-order valence-electron chi connectivity index (χ2n) is 8.92. The monoisotopic (exact) mass is 456 g/mol. The number of nitrogens with zero attached hydrogens (tertiary/aromatic N) is 1. The lowest BCUT2D eigenvalue weighted by atomic mass is 10.1. The van der Waals surface area contributed by atoms with Gasteiger partial charge in [-0.3, -0.25) is 0 Å². The van der Waals surface area contributed by atoms with E-state index in [1.165, 1.54) is 16.3 Å². The lowest BCUT2D eigenvalue weighted by molar-refractivity contribution is 0.0736. The summed E-state index contributed by atoms with van der Waals surface area (Å²) in [4.78, 5) is 26.5. The molecule has 0 bridgehead atoms. The highest BCUT2D eigenvalue weighted by Crippen LogP contribution is 2.30. The molecule has 1 fully saturated rings. The fourth-order valence-corrected chi connectivity index (χ4v) is 4.86. The molecule has 0 aliphatic carbocycles. The van der Waals surface area contributed by atoms with Gasteiger partial charge in [-0.15, -0.1) is 0 Å². The van der Waals surface area contributed by atoms with Gasteiger partial charge >= 0.3 is 11.4 Å². The molecule has 0 unspecified atom stereocenters. The molecule has 6 nitrogen and oxygen atoms in total. The highest BCUT2D eigenvalue weighted by atomic mass is 32.2. The summed E-state index contributed by atoms with van der Waals surface area (Å²) in [7, 11) is 0. The van der Waals surface area contributed by atoms with Crippen molar-refractivity contribution in [2.45, 2.75) is 50.6 Å². The Hall–Kier alpha value is -2.51. The molecule has 1 saturated heterocycles. The van der Waals surface area contributed by atoms with Crippen LogP contribution in [0.25, 0.3) is 10.8 Å². The van der Waals surface area contributed by atoms with Crippen LogP contribution in [0.3, 0.4) is 0 Å². The van der Waals surface area contributed by atoms with Crippen LogP contribution in [0.4, 0.5) is 9.59 Å². The molecule has 1 N–H and O–H groups in total. The number of benzene rings is 2. The van der Waals surface area contributed by atoms with E-state index >= 15 is 0 Å². The summed E-state index contributed by atoms with van der Waals surface area (Å²) in [6, 6.07) is 14.6. The Bertz CT molecular complexity index is 956. The molecule has 2 aromatic carbocycles. The number of likely N-dealkylation sites (tertiary alicyclic amines) is 1. The van der Waals surface area contributed by atoms with Crippen LogP contribution >= 0.6 is 11.8 Å². The third kappa shape index (κ3) is 7.00. The number of nitrogens with one attached hydrogen (secondary N) is 1. The van der Waals surface area contributed by atoms with Crippen molar-refractivity contribution < 1.29 is 19.1 Å². The lowest BCUT2D eigenvalue weighted by Gasteiger charge is -2.24. The van der Waals surface area contributed by atoms with E-state index in [0.717, 1.165) is 11.8 Å². The molecular weight excluding hydrogens is 424 g/mol. The van der Waals surface area contributed by atoms with Gasteiger partial charge in [-0.2, -0.15) is 0 Å². The fourth-order valence-electron chi connectivity index (χ4n) is 3.73. The van der Waals surface area contributed by atoms with Gasteiger partial charge in [0.2, 0.25) is 0 Å². The molecule has 1 aliphatic rings. The van der Waals surface area contributed by atoms with Crippen molar-refractivity contribution in [1.29, 1.82) is 0 Å². The summed E-state index contributed by atoms with van der Waals surface area (Å²) in [5, 5.41) is 5.54. The summed E-state index contributed by atoms with van der Waals surface area (Å²) >= 11 is 1.16. The van der Waals surface area contributed by atoms with Gasteiger partial charge in [-0.1, -0.05) is 49.1 Å². The van der Waals surface area contributed by atoms with Gasteiger partial charge < -0.3 is 19.7 Å². The third-order valence-electron chi connectivity index (χ3n) is 5.11. The molecule has 0 radical (unpaired) electrons. The molecule has 0 saturated carbocycles. The van der Waals surface area contributed by atoms with Crippen molar-refractivity contribution in [2.75, 3.05) is 19.7 Å². The first-order valence-corrected chi connectivity index (χ1v) is 11.8. The van der Waals surface area contributed by atoms with Crippen molar-refractivity contribution in [3.8, 4) is 0 Å². The van der Waals surface area contributed by atoms with Crippen molar-refractivity contribution in [2.24, 2.45) is 0 Å². The molecule has 1 heterocycles. The molecule has 7 heteroatoms. The van der Waals surface area contributed by atoms with E-state index in [1.54, 1.807) is 11.0 Å². The quantitative estimate of drug-likeness (QED) is 0.447. The number of amides is 1. The van der Waals surface area contributed by atoms with Gasteiger partial charge in [0.15, 0.2) is 0 Å². The molecule has 3 rings (SSSR count). The molecule has 2 aromatic rings. The highest BCUT2D eigenvalue weighted by molar-refractivity contribution is 8.13. The van der Waals surface area contributed by atoms with E-state index in [1.807, 2.05) is 32.9 Å². The van der Waals surface area contributed by atoms with Crippen LogP contribution in [0.2, 0.25) is 0 Å². The number of carbonyl (C=O) groups excluding carboxylic acids is 2. The van der Waals surface area contributed by atoms with E-state index in [2.05, 4.69) is 42.2 Å². The Balaban J connectivity index is 1.59. The minimum atomic E-state index is -0.536. The average Bonchev–Trinajstić information content (AvgIpc) is 3.12. The summed E-state index contributed by atoms with van der Waals surface area (Å²) in [6.07, 6.45) is 1.86. The minimum absolute atomic E-state index is 0.0337. The number of rotatable bonds is 7. The van der Waals surface area contributed by atoms with Gasteiger partial charge in [0.25, 0.3) is 0 Å². The van der Waals surface area contributed by atoms with Crippen molar-refractivity contribution >= 4 is 33.9 Å². The zero-order chi connectivity index (χ0) is 23.1. The Kier molecular flexibility index (Phi) is 8.21. The first kappa shape index (κ1) is 24.1. The lowest BCUT2D eigenvalue weighted by Crippen LogP contribution is -2.41. The molecule has 2 atom stereocenters. The highest BCUT2D eigenvalue weighted by Gasteiger charge is 2.38. The van der Waals surface area contributed by atoms with Crippen LogP contribution < -0.4 is 5.32 Å². The second-order valence-corrected chi connectivity index (χ2v) is 10.2. The largest absolute Gasteiger partial charge is 0.452 e. The van der Waals surface area contributed by atoms with Gasteiger partial charge in [0.1, 0.15) is 12.2 Å². The van der Waals surface area contributed by atoms with Crippen LogP contribution in [-0.4, -0.2) is 52.9 Å². The van der Waals surface area contributed by atoms with Crippen LogP contribution in [0.1, 0.15) is 32.8 Å². The Morgan fingerprint density at radius 3 is 2.69 bits per heavy atom. The number of ether oxygens (including phenoxy) is 2. The fraction of sp³-hybridized carbons (Fsp3) is 0.440. The normalized spacial score (nSPS) is 18.5. The summed E-state index contributed by atoms with van der Waals surface area (Å²) in [6.45, 7) is 11.1. The van der Waals surface area contributed by atoms with E-state index in [9.17, 15) is 9.59 Å². The number of thioether (sulfide) groups is 1. The second kappa shape index (κ2) is 10.9. The molecular formula is C25H32N2O4S. The van der Waals surface area contributed by atoms with Gasteiger partial charge in [0.05, 0.1) is 0 Å². The van der Waals surface area contributed by atoms with Gasteiger partial charge in [-0.25, -0.2) is 9.59 Å². The minimum Gasteiger partial charge on any atom is -0.452 e. The van der Waals surface area contributed by atoms with Crippen LogP contribution in [0, 0.1) is 0 Å². The number of hydrogen-bond donors (Lipinski definition) is 1. The first-order valence-electron chi connectivity index (χ1n) is 10.9. The van der Waals surface area contributed by atoms with Crippen LogP contribution in [-0.2, 0) is 16.0 Å². The summed E-state index contributed by atoms with van der Waals surface area (Å²) < 4.78 is 10.7. The van der Waals surface area contributed by atoms with Gasteiger partial charge in [0, 0.05) is 30.9 Å². The molecule has 0 aromatic heterocycles. The predicted molar refractivity (Wildman–Crippen MR) is 130 cm³/mol. The smallest absolute Gasteiger partial charge is 0.410 e. The average molecular weight is 457 g/mol. The van der Waals surface area contributed by atoms with E-state index in [4.69, 9.17) is 9.47 Å². The molecule has 172 valence electrons. The maximum absolute atomic E-state index is 12.6. The van der Waals surface area contributed by atoms with Gasteiger partial charge in [-0.05, 0) is 61.4 Å². The van der Waals surface area contributed by atoms with E-state index in [0.29, 0.717) is 26.1 Å². The SMILES string of the molecule is C=CCOC(=O)N1C[C@@H](SC(=O)OC(C)(C)C)C[C@H]1CNCc1ccc2ccccc2c1. The molecule has 32 heavy (non-hydrogen) atoms. The van der Waals surface area contributed by atoms with Crippen molar-refractivity contribution in [3.63, 3.8) is 0 Å². The maximum Gasteiger partial charge on any atom is 0.410 e. The number of carbonyl (C=O) groups is 2. The van der Waals surface area contributed by atoms with Crippen LogP contribution in [0.5, 0.6) is 0 Å². The maximum atomic E-state index is 12.6. The molecule has 1 amide bonds. The standard InChI is InChI=1S/C25H32N2O4S/c1-5-12-30-23(28)27-17-22(32-24(29)31-25(2,3)4)14-21(27)16-26-15-18-10-11-19-8-6-7-9-20(19)13-18/h5-11,13,21-22,26H,1,12,14-17H2,2-4H3/t21-,22-/m0/s1. The van der Waals surface area contributed by atoms with E-state index < -0.39 is 5.60 Å². The molecule has 0 spiro atoms. The zero-order valence-corrected chi connectivity index (χ0v) is 19.8. The van der Waals surface area contributed by atoms with Crippen molar-refractivity contribution in [1.82, 2.24) is 10.2 Å². The third-order valence-corrected chi connectivity index (χ3v) is 6.06. The number of fused-ring (bicyclic) bond motifs is 1. The molecule has 1 aliphatic heterocycles. The van der Waals surface area contributed by atoms with E-state index in [-0.39, 0.29) is 29.3 Å². The zero-order valence-electron chi connectivity index (χ0n) is 19.0. The number of hydrogen-bond acceptors (Lipinski definition) is 6. The first-order chi connectivity index (χ1) is 15.2. The Labute approximate surface area is 194 Å².